The van der Waals surface area contributed by atoms with Gasteiger partial charge < -0.3 is 19.1 Å². The Morgan fingerprint density at radius 1 is 1.16 bits per heavy atom. The van der Waals surface area contributed by atoms with E-state index >= 15 is 0 Å². The minimum atomic E-state index is -4.80. The summed E-state index contributed by atoms with van der Waals surface area (Å²) < 4.78 is 54.2. The quantitative estimate of drug-likeness (QED) is 0.662. The van der Waals surface area contributed by atoms with Crippen LogP contribution in [0.5, 0.6) is 11.5 Å². The normalized spacial score (nSPS) is 15.6. The number of rotatable bonds is 4. The summed E-state index contributed by atoms with van der Waals surface area (Å²) in [7, 11) is 1.36. The van der Waals surface area contributed by atoms with E-state index in [0.717, 1.165) is 0 Å². The Bertz CT molecular complexity index is 961. The zero-order valence-corrected chi connectivity index (χ0v) is 18.7. The number of alkyl halides is 3. The number of carbonyl (C=O) groups is 1. The van der Waals surface area contributed by atoms with E-state index in [4.69, 9.17) is 9.47 Å². The molecule has 0 bridgehead atoms. The minimum absolute atomic E-state index is 0.0410. The number of hydrogen-bond donors (Lipinski definition) is 0. The highest BCUT2D eigenvalue weighted by Gasteiger charge is 2.32. The Balaban J connectivity index is 1.81. The maximum Gasteiger partial charge on any atom is 0.573 e. The summed E-state index contributed by atoms with van der Waals surface area (Å²) in [5.74, 6) is 0.805. The maximum absolute atomic E-state index is 12.6. The van der Waals surface area contributed by atoms with E-state index < -0.39 is 12.0 Å². The standard InChI is InChI=1S/C21H27F3N4O4/c1-13-25-18(16-7-6-15(12-17(16)30-5)31-21(22,23)24)28(26-13)14-8-10-27(11-9-14)19(29)32-20(2,3)4/h6-7,12,14H,8-11H2,1-5H3. The van der Waals surface area contributed by atoms with Gasteiger partial charge in [-0.1, -0.05) is 0 Å². The van der Waals surface area contributed by atoms with E-state index in [9.17, 15) is 18.0 Å². The van der Waals surface area contributed by atoms with Crippen LogP contribution in [0.3, 0.4) is 0 Å². The molecule has 0 radical (unpaired) electrons. The van der Waals surface area contributed by atoms with Crippen molar-refractivity contribution in [3.05, 3.63) is 24.0 Å². The van der Waals surface area contributed by atoms with Gasteiger partial charge in [-0.25, -0.2) is 14.5 Å². The molecule has 0 spiro atoms. The summed E-state index contributed by atoms with van der Waals surface area (Å²) in [6.45, 7) is 8.19. The summed E-state index contributed by atoms with van der Waals surface area (Å²) in [5.41, 5.74) is -0.0694. The maximum atomic E-state index is 12.6. The molecule has 32 heavy (non-hydrogen) atoms. The van der Waals surface area contributed by atoms with Crippen LogP contribution in [0.15, 0.2) is 18.2 Å². The second-order valence-electron chi connectivity index (χ2n) is 8.54. The Hall–Kier alpha value is -2.98. The van der Waals surface area contributed by atoms with Crippen LogP contribution in [0.1, 0.15) is 45.5 Å². The molecule has 0 saturated carbocycles. The first-order chi connectivity index (χ1) is 14.9. The second-order valence-corrected chi connectivity index (χ2v) is 8.54. The summed E-state index contributed by atoms with van der Waals surface area (Å²) >= 11 is 0. The smallest absolute Gasteiger partial charge is 0.496 e. The molecule has 1 aromatic heterocycles. The van der Waals surface area contributed by atoms with Crippen LogP contribution in [0, 0.1) is 6.92 Å². The van der Waals surface area contributed by atoms with Gasteiger partial charge in [0, 0.05) is 19.2 Å². The van der Waals surface area contributed by atoms with Gasteiger partial charge in [0.2, 0.25) is 0 Å². The third-order valence-corrected chi connectivity index (χ3v) is 4.85. The van der Waals surface area contributed by atoms with E-state index in [1.54, 1.807) is 16.5 Å². The Kier molecular flexibility index (Phi) is 6.56. The van der Waals surface area contributed by atoms with Crippen LogP contribution in [0.25, 0.3) is 11.4 Å². The molecular formula is C21H27F3N4O4. The van der Waals surface area contributed by atoms with Crippen molar-refractivity contribution in [2.75, 3.05) is 20.2 Å². The molecule has 176 valence electrons. The van der Waals surface area contributed by atoms with Crippen molar-refractivity contribution in [1.82, 2.24) is 19.7 Å². The molecule has 0 aliphatic carbocycles. The molecule has 0 N–H and O–H groups in total. The molecule has 8 nitrogen and oxygen atoms in total. The highest BCUT2D eigenvalue weighted by molar-refractivity contribution is 5.68. The highest BCUT2D eigenvalue weighted by Crippen LogP contribution is 2.36. The predicted molar refractivity (Wildman–Crippen MR) is 110 cm³/mol. The lowest BCUT2D eigenvalue weighted by Crippen LogP contribution is -2.42. The molecule has 1 amide bonds. The van der Waals surface area contributed by atoms with Crippen LogP contribution in [0.4, 0.5) is 18.0 Å². The van der Waals surface area contributed by atoms with Gasteiger partial charge in [0.05, 0.1) is 18.7 Å². The minimum Gasteiger partial charge on any atom is -0.496 e. The molecule has 2 heterocycles. The molecule has 11 heteroatoms. The van der Waals surface area contributed by atoms with E-state index in [0.29, 0.717) is 43.1 Å². The van der Waals surface area contributed by atoms with Crippen LogP contribution < -0.4 is 9.47 Å². The zero-order chi connectivity index (χ0) is 23.7. The lowest BCUT2D eigenvalue weighted by molar-refractivity contribution is -0.274. The number of methoxy groups -OCH3 is 1. The average Bonchev–Trinajstić information content (AvgIpc) is 3.07. The number of nitrogens with zero attached hydrogens (tertiary/aromatic N) is 4. The summed E-state index contributed by atoms with van der Waals surface area (Å²) in [6, 6.07) is 3.81. The number of ether oxygens (including phenoxy) is 3. The van der Waals surface area contributed by atoms with Crippen molar-refractivity contribution in [2.24, 2.45) is 0 Å². The molecule has 1 fully saturated rings. The van der Waals surface area contributed by atoms with Gasteiger partial charge in [0.15, 0.2) is 5.82 Å². The number of likely N-dealkylation sites (tertiary alicyclic amines) is 1. The summed E-state index contributed by atoms with van der Waals surface area (Å²) in [4.78, 5) is 18.5. The number of aromatic nitrogens is 3. The molecule has 0 unspecified atom stereocenters. The molecule has 2 aromatic rings. The Morgan fingerprint density at radius 2 is 1.81 bits per heavy atom. The van der Waals surface area contributed by atoms with Crippen molar-refractivity contribution in [3.63, 3.8) is 0 Å². The lowest BCUT2D eigenvalue weighted by atomic mass is 10.0. The first-order valence-electron chi connectivity index (χ1n) is 10.2. The zero-order valence-electron chi connectivity index (χ0n) is 18.7. The van der Waals surface area contributed by atoms with E-state index in [2.05, 4.69) is 14.8 Å². The third-order valence-electron chi connectivity index (χ3n) is 4.85. The van der Waals surface area contributed by atoms with Crippen LogP contribution in [-0.2, 0) is 4.74 Å². The number of amides is 1. The molecule has 1 aromatic carbocycles. The van der Waals surface area contributed by atoms with Crippen LogP contribution in [0.2, 0.25) is 0 Å². The summed E-state index contributed by atoms with van der Waals surface area (Å²) in [5, 5.41) is 4.50. The monoisotopic (exact) mass is 456 g/mol. The van der Waals surface area contributed by atoms with Crippen molar-refractivity contribution < 1.29 is 32.2 Å². The predicted octanol–water partition coefficient (Wildman–Crippen LogP) is 4.73. The molecule has 3 rings (SSSR count). The number of piperidine rings is 1. The van der Waals surface area contributed by atoms with Gasteiger partial charge >= 0.3 is 12.5 Å². The van der Waals surface area contributed by atoms with Gasteiger partial charge in [-0.3, -0.25) is 0 Å². The fourth-order valence-electron chi connectivity index (χ4n) is 3.54. The number of hydrogen-bond acceptors (Lipinski definition) is 6. The number of benzene rings is 1. The van der Waals surface area contributed by atoms with Gasteiger partial charge in [0.1, 0.15) is 22.9 Å². The number of halogens is 3. The largest absolute Gasteiger partial charge is 0.573 e. The Morgan fingerprint density at radius 3 is 2.38 bits per heavy atom. The second kappa shape index (κ2) is 8.87. The van der Waals surface area contributed by atoms with Crippen molar-refractivity contribution in [3.8, 4) is 22.9 Å². The number of aryl methyl sites for hydroxylation is 1. The van der Waals surface area contributed by atoms with Gasteiger partial charge in [-0.2, -0.15) is 5.10 Å². The highest BCUT2D eigenvalue weighted by atomic mass is 19.4. The third kappa shape index (κ3) is 5.83. The molecule has 1 saturated heterocycles. The van der Waals surface area contributed by atoms with E-state index in [-0.39, 0.29) is 23.6 Å². The fraction of sp³-hybridized carbons (Fsp3) is 0.571. The van der Waals surface area contributed by atoms with Crippen molar-refractivity contribution >= 4 is 6.09 Å². The fourth-order valence-corrected chi connectivity index (χ4v) is 3.54. The summed E-state index contributed by atoms with van der Waals surface area (Å²) in [6.07, 6.45) is -3.89. The lowest BCUT2D eigenvalue weighted by Gasteiger charge is -2.33. The Labute approximate surface area is 184 Å². The van der Waals surface area contributed by atoms with Crippen molar-refractivity contribution in [1.29, 1.82) is 0 Å². The van der Waals surface area contributed by atoms with Crippen LogP contribution >= 0.6 is 0 Å². The molecular weight excluding hydrogens is 429 g/mol. The van der Waals surface area contributed by atoms with E-state index in [1.165, 1.54) is 25.3 Å². The average molecular weight is 456 g/mol. The van der Waals surface area contributed by atoms with Crippen LogP contribution in [-0.4, -0.2) is 57.9 Å². The topological polar surface area (TPSA) is 78.7 Å². The van der Waals surface area contributed by atoms with Gasteiger partial charge in [-0.05, 0) is 52.7 Å². The number of carbonyl (C=O) groups excluding carboxylic acids is 1. The first kappa shape index (κ1) is 23.7. The van der Waals surface area contributed by atoms with E-state index in [1.807, 2.05) is 20.8 Å². The van der Waals surface area contributed by atoms with Gasteiger partial charge in [0.25, 0.3) is 0 Å². The first-order valence-corrected chi connectivity index (χ1v) is 10.2. The van der Waals surface area contributed by atoms with Gasteiger partial charge in [-0.15, -0.1) is 13.2 Å². The van der Waals surface area contributed by atoms with Crippen molar-refractivity contribution in [2.45, 2.75) is 58.5 Å². The molecule has 0 atom stereocenters. The SMILES string of the molecule is COc1cc(OC(F)(F)F)ccc1-c1nc(C)nn1C1CCN(C(=O)OC(C)(C)C)CC1. The molecule has 1 aliphatic heterocycles. The molecule has 1 aliphatic rings.